The second kappa shape index (κ2) is 4.87. The number of hydrogen-bond donors (Lipinski definition) is 1. The Hall–Kier alpha value is -2.11. The fourth-order valence-corrected chi connectivity index (χ4v) is 1.97. The number of aromatic amines is 1. The quantitative estimate of drug-likeness (QED) is 0.891. The summed E-state index contributed by atoms with van der Waals surface area (Å²) in [6.07, 6.45) is 3.87. The van der Waals surface area contributed by atoms with Crippen molar-refractivity contribution in [2.45, 2.75) is 32.2 Å². The minimum atomic E-state index is -0.165. The fraction of sp³-hybridized carbons (Fsp3) is 0.462. The van der Waals surface area contributed by atoms with Gasteiger partial charge in [0.15, 0.2) is 0 Å². The highest BCUT2D eigenvalue weighted by atomic mass is 16.3. The third kappa shape index (κ3) is 2.52. The van der Waals surface area contributed by atoms with Crippen molar-refractivity contribution >= 4 is 5.91 Å². The molecule has 1 aliphatic carbocycles. The largest absolute Gasteiger partial charge is 0.467 e. The van der Waals surface area contributed by atoms with Crippen molar-refractivity contribution in [3.8, 4) is 0 Å². The predicted octanol–water partition coefficient (Wildman–Crippen LogP) is 1.94. The normalized spacial score (nSPS) is 14.6. The van der Waals surface area contributed by atoms with Gasteiger partial charge in [-0.3, -0.25) is 9.89 Å². The van der Waals surface area contributed by atoms with E-state index in [0.717, 1.165) is 24.4 Å². The molecule has 1 amide bonds. The Morgan fingerprint density at radius 3 is 3.05 bits per heavy atom. The number of furan rings is 1. The van der Waals surface area contributed by atoms with Crippen LogP contribution in [0.4, 0.5) is 0 Å². The van der Waals surface area contributed by atoms with E-state index in [-0.39, 0.29) is 11.7 Å². The van der Waals surface area contributed by atoms with Crippen LogP contribution in [0.1, 0.15) is 47.9 Å². The minimum absolute atomic E-state index is 0.165. The Morgan fingerprint density at radius 2 is 2.42 bits per heavy atom. The number of carbonyl (C=O) groups is 1. The summed E-state index contributed by atoms with van der Waals surface area (Å²) in [5, 5.41) is 6.87. The van der Waals surface area contributed by atoms with Gasteiger partial charge in [-0.05, 0) is 31.9 Å². The Labute approximate surface area is 110 Å². The van der Waals surface area contributed by atoms with Gasteiger partial charge in [0.05, 0.1) is 12.8 Å². The standard InChI is InChI=1S/C13H16N4O2/c1-2-17(8-10-4-3-7-19-10)13(18)12-14-11(15-16-12)9-5-6-9/h3-4,7,9H,2,5-6,8H2,1H3,(H,14,15,16). The Kier molecular flexibility index (Phi) is 3.06. The summed E-state index contributed by atoms with van der Waals surface area (Å²) in [5.41, 5.74) is 0. The zero-order valence-corrected chi connectivity index (χ0v) is 10.8. The summed E-state index contributed by atoms with van der Waals surface area (Å²) in [7, 11) is 0. The number of rotatable bonds is 5. The third-order valence-electron chi connectivity index (χ3n) is 3.25. The van der Waals surface area contributed by atoms with Gasteiger partial charge in [0.2, 0.25) is 5.82 Å². The highest BCUT2D eigenvalue weighted by Crippen LogP contribution is 2.37. The molecule has 1 aliphatic rings. The lowest BCUT2D eigenvalue weighted by Crippen LogP contribution is -2.31. The molecule has 0 saturated heterocycles. The van der Waals surface area contributed by atoms with Crippen LogP contribution in [0.5, 0.6) is 0 Å². The van der Waals surface area contributed by atoms with E-state index in [2.05, 4.69) is 15.2 Å². The SMILES string of the molecule is CCN(Cc1ccco1)C(=O)c1n[nH]c(C2CC2)n1. The Bertz CT molecular complexity index is 557. The van der Waals surface area contributed by atoms with Crippen molar-refractivity contribution in [2.75, 3.05) is 6.54 Å². The zero-order chi connectivity index (χ0) is 13.2. The average molecular weight is 260 g/mol. The van der Waals surface area contributed by atoms with Crippen molar-refractivity contribution in [3.63, 3.8) is 0 Å². The molecule has 0 spiro atoms. The molecule has 2 heterocycles. The molecule has 0 unspecified atom stereocenters. The van der Waals surface area contributed by atoms with E-state index in [1.165, 1.54) is 0 Å². The van der Waals surface area contributed by atoms with Crippen LogP contribution in [0.15, 0.2) is 22.8 Å². The van der Waals surface area contributed by atoms with Crippen LogP contribution < -0.4 is 0 Å². The summed E-state index contributed by atoms with van der Waals surface area (Å²) >= 11 is 0. The summed E-state index contributed by atoms with van der Waals surface area (Å²) < 4.78 is 5.26. The van der Waals surface area contributed by atoms with Crippen molar-refractivity contribution in [1.82, 2.24) is 20.1 Å². The molecule has 0 aromatic carbocycles. The molecule has 2 aromatic heterocycles. The second-order valence-corrected chi connectivity index (χ2v) is 4.72. The van der Waals surface area contributed by atoms with Crippen LogP contribution in [-0.4, -0.2) is 32.5 Å². The maximum absolute atomic E-state index is 12.3. The molecule has 0 radical (unpaired) electrons. The first-order chi connectivity index (χ1) is 9.28. The topological polar surface area (TPSA) is 75.0 Å². The van der Waals surface area contributed by atoms with Gasteiger partial charge in [-0.2, -0.15) is 0 Å². The molecule has 0 aliphatic heterocycles. The first-order valence-corrected chi connectivity index (χ1v) is 6.52. The first kappa shape index (κ1) is 12.0. The monoisotopic (exact) mass is 260 g/mol. The number of H-pyrrole nitrogens is 1. The number of hydrogen-bond acceptors (Lipinski definition) is 4. The number of nitrogens with one attached hydrogen (secondary N) is 1. The first-order valence-electron chi connectivity index (χ1n) is 6.52. The van der Waals surface area contributed by atoms with Crippen molar-refractivity contribution in [1.29, 1.82) is 0 Å². The van der Waals surface area contributed by atoms with Crippen LogP contribution in [0, 0.1) is 0 Å². The number of nitrogens with zero attached hydrogens (tertiary/aromatic N) is 3. The van der Waals surface area contributed by atoms with Gasteiger partial charge >= 0.3 is 0 Å². The van der Waals surface area contributed by atoms with E-state index in [9.17, 15) is 4.79 Å². The lowest BCUT2D eigenvalue weighted by Gasteiger charge is -2.17. The molecule has 100 valence electrons. The summed E-state index contributed by atoms with van der Waals surface area (Å²) in [5.74, 6) is 2.14. The number of amides is 1. The fourth-order valence-electron chi connectivity index (χ4n) is 1.97. The lowest BCUT2D eigenvalue weighted by atomic mass is 10.3. The second-order valence-electron chi connectivity index (χ2n) is 4.72. The van der Waals surface area contributed by atoms with E-state index >= 15 is 0 Å². The van der Waals surface area contributed by atoms with Gasteiger partial charge in [0, 0.05) is 12.5 Å². The number of carbonyl (C=O) groups excluding carboxylic acids is 1. The van der Waals surface area contributed by atoms with Gasteiger partial charge < -0.3 is 9.32 Å². The third-order valence-corrected chi connectivity index (χ3v) is 3.25. The Balaban J connectivity index is 1.72. The predicted molar refractivity (Wildman–Crippen MR) is 67.5 cm³/mol. The average Bonchev–Trinajstić information content (AvgIpc) is 2.95. The van der Waals surface area contributed by atoms with E-state index in [0.29, 0.717) is 19.0 Å². The molecule has 0 atom stereocenters. The van der Waals surface area contributed by atoms with E-state index in [4.69, 9.17) is 4.42 Å². The van der Waals surface area contributed by atoms with Crippen LogP contribution in [-0.2, 0) is 6.54 Å². The molecule has 1 fully saturated rings. The molecule has 3 rings (SSSR count). The zero-order valence-electron chi connectivity index (χ0n) is 10.8. The van der Waals surface area contributed by atoms with Crippen LogP contribution in [0.3, 0.4) is 0 Å². The summed E-state index contributed by atoms with van der Waals surface area (Å²) in [6.45, 7) is 2.96. The molecule has 2 aromatic rings. The van der Waals surface area contributed by atoms with Gasteiger partial charge in [-0.15, -0.1) is 5.10 Å². The van der Waals surface area contributed by atoms with Gasteiger partial charge in [-0.1, -0.05) is 0 Å². The van der Waals surface area contributed by atoms with Crippen LogP contribution in [0.25, 0.3) is 0 Å². The molecular formula is C13H16N4O2. The van der Waals surface area contributed by atoms with E-state index in [1.54, 1.807) is 11.2 Å². The molecular weight excluding hydrogens is 244 g/mol. The van der Waals surface area contributed by atoms with Crippen molar-refractivity contribution in [3.05, 3.63) is 35.8 Å². The van der Waals surface area contributed by atoms with E-state index < -0.39 is 0 Å². The molecule has 0 bridgehead atoms. The maximum Gasteiger partial charge on any atom is 0.293 e. The highest BCUT2D eigenvalue weighted by molar-refractivity contribution is 5.90. The van der Waals surface area contributed by atoms with Gasteiger partial charge in [-0.25, -0.2) is 4.98 Å². The molecule has 6 heteroatoms. The van der Waals surface area contributed by atoms with Gasteiger partial charge in [0.25, 0.3) is 5.91 Å². The lowest BCUT2D eigenvalue weighted by molar-refractivity contribution is 0.0729. The van der Waals surface area contributed by atoms with E-state index in [1.807, 2.05) is 19.1 Å². The smallest absolute Gasteiger partial charge is 0.293 e. The molecule has 1 N–H and O–H groups in total. The molecule has 19 heavy (non-hydrogen) atoms. The summed E-state index contributed by atoms with van der Waals surface area (Å²) in [4.78, 5) is 18.2. The van der Waals surface area contributed by atoms with Gasteiger partial charge in [0.1, 0.15) is 11.6 Å². The molecule has 1 saturated carbocycles. The molecule has 6 nitrogen and oxygen atoms in total. The van der Waals surface area contributed by atoms with Crippen molar-refractivity contribution in [2.24, 2.45) is 0 Å². The summed E-state index contributed by atoms with van der Waals surface area (Å²) in [6, 6.07) is 3.66. The Morgan fingerprint density at radius 1 is 1.58 bits per heavy atom. The van der Waals surface area contributed by atoms with Crippen molar-refractivity contribution < 1.29 is 9.21 Å². The van der Waals surface area contributed by atoms with Crippen LogP contribution >= 0.6 is 0 Å². The highest BCUT2D eigenvalue weighted by Gasteiger charge is 2.29. The maximum atomic E-state index is 12.3. The number of aromatic nitrogens is 3. The minimum Gasteiger partial charge on any atom is -0.467 e. The van der Waals surface area contributed by atoms with Crippen LogP contribution in [0.2, 0.25) is 0 Å².